The van der Waals surface area contributed by atoms with Gasteiger partial charge >= 0.3 is 0 Å². The molecule has 0 radical (unpaired) electrons. The maximum atomic E-state index is 12.5. The molecule has 3 rings (SSSR count). The number of carbonyl (C=O) groups excluding carboxylic acids is 1. The third-order valence-electron chi connectivity index (χ3n) is 4.55. The fourth-order valence-electron chi connectivity index (χ4n) is 3.65. The van der Waals surface area contributed by atoms with Crippen LogP contribution in [0.5, 0.6) is 0 Å². The number of aromatic amines is 1. The van der Waals surface area contributed by atoms with Crippen molar-refractivity contribution in [2.75, 3.05) is 19.6 Å². The standard InChI is InChI=1S/C14H22N4O/c1-2-17-7-3-5-12(17)13-6-4-8-18(13)14(19)11-9-15-10-16-11/h9-10,12-13H,2-8H2,1H3,(H,15,16)/t12-,13-/m0/s1. The Balaban J connectivity index is 1.76. The van der Waals surface area contributed by atoms with Gasteiger partial charge < -0.3 is 9.88 Å². The molecule has 2 saturated heterocycles. The highest BCUT2D eigenvalue weighted by molar-refractivity contribution is 5.92. The van der Waals surface area contributed by atoms with Crippen molar-refractivity contribution < 1.29 is 4.79 Å². The van der Waals surface area contributed by atoms with Crippen molar-refractivity contribution in [2.45, 2.75) is 44.7 Å². The molecule has 3 heterocycles. The van der Waals surface area contributed by atoms with Crippen LogP contribution in [0.2, 0.25) is 0 Å². The summed E-state index contributed by atoms with van der Waals surface area (Å²) in [4.78, 5) is 24.0. The van der Waals surface area contributed by atoms with Gasteiger partial charge in [-0.2, -0.15) is 0 Å². The third kappa shape index (κ3) is 2.27. The number of likely N-dealkylation sites (tertiary alicyclic amines) is 2. The van der Waals surface area contributed by atoms with Gasteiger partial charge in [0.25, 0.3) is 5.91 Å². The minimum atomic E-state index is 0.114. The topological polar surface area (TPSA) is 52.2 Å². The second kappa shape index (κ2) is 5.33. The van der Waals surface area contributed by atoms with Gasteiger partial charge in [-0.05, 0) is 38.8 Å². The molecule has 0 aliphatic carbocycles. The van der Waals surface area contributed by atoms with E-state index in [1.54, 1.807) is 12.5 Å². The SMILES string of the molecule is CCN1CCC[C@H]1[C@@H]1CCCN1C(=O)c1cnc[nH]1. The summed E-state index contributed by atoms with van der Waals surface area (Å²) in [6, 6.07) is 0.942. The Morgan fingerprint density at radius 1 is 1.37 bits per heavy atom. The van der Waals surface area contributed by atoms with E-state index in [-0.39, 0.29) is 5.91 Å². The molecular formula is C14H22N4O. The second-order valence-corrected chi connectivity index (χ2v) is 5.51. The number of likely N-dealkylation sites (N-methyl/N-ethyl adjacent to an activating group) is 1. The van der Waals surface area contributed by atoms with E-state index in [0.29, 0.717) is 17.8 Å². The molecular weight excluding hydrogens is 240 g/mol. The number of imidazole rings is 1. The predicted molar refractivity (Wildman–Crippen MR) is 72.9 cm³/mol. The number of amides is 1. The van der Waals surface area contributed by atoms with Gasteiger partial charge in [0.1, 0.15) is 5.69 Å². The lowest BCUT2D eigenvalue weighted by Crippen LogP contribution is -2.48. The number of hydrogen-bond acceptors (Lipinski definition) is 3. The van der Waals surface area contributed by atoms with Crippen molar-refractivity contribution in [3.8, 4) is 0 Å². The summed E-state index contributed by atoms with van der Waals surface area (Å²) in [5.74, 6) is 0.114. The molecule has 1 aromatic heterocycles. The van der Waals surface area contributed by atoms with Crippen LogP contribution in [0.1, 0.15) is 43.1 Å². The van der Waals surface area contributed by atoms with E-state index in [4.69, 9.17) is 0 Å². The summed E-state index contributed by atoms with van der Waals surface area (Å²) in [7, 11) is 0. The largest absolute Gasteiger partial charge is 0.341 e. The highest BCUT2D eigenvalue weighted by atomic mass is 16.2. The van der Waals surface area contributed by atoms with Gasteiger partial charge in [0.15, 0.2) is 0 Å². The average molecular weight is 262 g/mol. The zero-order valence-electron chi connectivity index (χ0n) is 11.5. The quantitative estimate of drug-likeness (QED) is 0.898. The van der Waals surface area contributed by atoms with Gasteiger partial charge in [0.05, 0.1) is 12.5 Å². The van der Waals surface area contributed by atoms with Crippen molar-refractivity contribution >= 4 is 5.91 Å². The number of hydrogen-bond donors (Lipinski definition) is 1. The zero-order chi connectivity index (χ0) is 13.2. The van der Waals surface area contributed by atoms with Gasteiger partial charge in [-0.3, -0.25) is 9.69 Å². The molecule has 5 heteroatoms. The lowest BCUT2D eigenvalue weighted by Gasteiger charge is -2.34. The van der Waals surface area contributed by atoms with Crippen LogP contribution in [-0.2, 0) is 0 Å². The maximum Gasteiger partial charge on any atom is 0.272 e. The molecule has 1 aromatic rings. The summed E-state index contributed by atoms with van der Waals surface area (Å²) in [5.41, 5.74) is 0.618. The van der Waals surface area contributed by atoms with E-state index in [1.165, 1.54) is 19.4 Å². The minimum absolute atomic E-state index is 0.114. The smallest absolute Gasteiger partial charge is 0.272 e. The predicted octanol–water partition coefficient (Wildman–Crippen LogP) is 1.50. The zero-order valence-corrected chi connectivity index (χ0v) is 11.5. The van der Waals surface area contributed by atoms with Crippen molar-refractivity contribution in [3.05, 3.63) is 18.2 Å². The average Bonchev–Trinajstić information content (AvgIpc) is 3.16. The molecule has 0 aromatic carbocycles. The van der Waals surface area contributed by atoms with E-state index in [0.717, 1.165) is 25.9 Å². The van der Waals surface area contributed by atoms with E-state index >= 15 is 0 Å². The normalized spacial score (nSPS) is 28.2. The highest BCUT2D eigenvalue weighted by Crippen LogP contribution is 2.30. The molecule has 19 heavy (non-hydrogen) atoms. The molecule has 2 aliphatic rings. The number of aromatic nitrogens is 2. The van der Waals surface area contributed by atoms with Crippen LogP contribution in [0.4, 0.5) is 0 Å². The fourth-order valence-corrected chi connectivity index (χ4v) is 3.65. The Morgan fingerprint density at radius 3 is 2.89 bits per heavy atom. The molecule has 0 spiro atoms. The summed E-state index contributed by atoms with van der Waals surface area (Å²) < 4.78 is 0. The molecule has 2 aliphatic heterocycles. The van der Waals surface area contributed by atoms with E-state index in [1.807, 2.05) is 0 Å². The van der Waals surface area contributed by atoms with Crippen LogP contribution in [0.25, 0.3) is 0 Å². The molecule has 0 bridgehead atoms. The van der Waals surface area contributed by atoms with Crippen LogP contribution in [-0.4, -0.2) is 57.4 Å². The Bertz CT molecular complexity index is 431. The second-order valence-electron chi connectivity index (χ2n) is 5.51. The van der Waals surface area contributed by atoms with Gasteiger partial charge in [-0.1, -0.05) is 6.92 Å². The minimum Gasteiger partial charge on any atom is -0.341 e. The van der Waals surface area contributed by atoms with Gasteiger partial charge in [0, 0.05) is 18.6 Å². The first-order valence-electron chi connectivity index (χ1n) is 7.34. The number of carbonyl (C=O) groups is 1. The summed E-state index contributed by atoms with van der Waals surface area (Å²) in [6.45, 7) is 5.38. The van der Waals surface area contributed by atoms with Crippen LogP contribution in [0.15, 0.2) is 12.5 Å². The summed E-state index contributed by atoms with van der Waals surface area (Å²) in [6.07, 6.45) is 7.96. The summed E-state index contributed by atoms with van der Waals surface area (Å²) in [5, 5.41) is 0. The van der Waals surface area contributed by atoms with Crippen molar-refractivity contribution in [3.63, 3.8) is 0 Å². The molecule has 1 amide bonds. The molecule has 104 valence electrons. The monoisotopic (exact) mass is 262 g/mol. The van der Waals surface area contributed by atoms with Gasteiger partial charge in [-0.15, -0.1) is 0 Å². The molecule has 1 N–H and O–H groups in total. The first kappa shape index (κ1) is 12.7. The lowest BCUT2D eigenvalue weighted by atomic mass is 10.0. The van der Waals surface area contributed by atoms with Crippen LogP contribution in [0.3, 0.4) is 0 Å². The van der Waals surface area contributed by atoms with Crippen LogP contribution >= 0.6 is 0 Å². The molecule has 5 nitrogen and oxygen atoms in total. The van der Waals surface area contributed by atoms with Crippen molar-refractivity contribution in [2.24, 2.45) is 0 Å². The Kier molecular flexibility index (Phi) is 3.55. The first-order valence-corrected chi connectivity index (χ1v) is 7.34. The van der Waals surface area contributed by atoms with Gasteiger partial charge in [0.2, 0.25) is 0 Å². The van der Waals surface area contributed by atoms with E-state index in [2.05, 4.69) is 26.7 Å². The van der Waals surface area contributed by atoms with Crippen molar-refractivity contribution in [1.82, 2.24) is 19.8 Å². The third-order valence-corrected chi connectivity index (χ3v) is 4.55. The molecule has 2 atom stereocenters. The van der Waals surface area contributed by atoms with Gasteiger partial charge in [-0.25, -0.2) is 4.98 Å². The Hall–Kier alpha value is -1.36. The van der Waals surface area contributed by atoms with E-state index in [9.17, 15) is 4.79 Å². The Morgan fingerprint density at radius 2 is 2.16 bits per heavy atom. The van der Waals surface area contributed by atoms with E-state index < -0.39 is 0 Å². The molecule has 0 saturated carbocycles. The van der Waals surface area contributed by atoms with Crippen LogP contribution < -0.4 is 0 Å². The highest BCUT2D eigenvalue weighted by Gasteiger charge is 2.39. The number of rotatable bonds is 3. The van der Waals surface area contributed by atoms with Crippen molar-refractivity contribution in [1.29, 1.82) is 0 Å². The molecule has 0 unspecified atom stereocenters. The first-order chi connectivity index (χ1) is 9.31. The van der Waals surface area contributed by atoms with Crippen LogP contribution in [0, 0.1) is 0 Å². The lowest BCUT2D eigenvalue weighted by molar-refractivity contribution is 0.0644. The number of nitrogens with one attached hydrogen (secondary N) is 1. The number of nitrogens with zero attached hydrogens (tertiary/aromatic N) is 3. The molecule has 2 fully saturated rings. The fraction of sp³-hybridized carbons (Fsp3) is 0.714. The summed E-state index contributed by atoms with van der Waals surface area (Å²) >= 11 is 0. The Labute approximate surface area is 114 Å². The number of H-pyrrole nitrogens is 1. The maximum absolute atomic E-state index is 12.5.